The smallest absolute Gasteiger partial charge is 0.225 e. The van der Waals surface area contributed by atoms with Gasteiger partial charge in [0, 0.05) is 25.1 Å². The number of fused-ring (bicyclic) bond motifs is 1. The lowest BCUT2D eigenvalue weighted by atomic mass is 9.48. The third-order valence-corrected chi connectivity index (χ3v) is 6.84. The maximum atomic E-state index is 13.3. The highest BCUT2D eigenvalue weighted by atomic mass is 19.1. The highest BCUT2D eigenvalue weighted by Gasteiger charge is 2.65. The summed E-state index contributed by atoms with van der Waals surface area (Å²) in [4.78, 5) is 14.4. The lowest BCUT2D eigenvalue weighted by molar-refractivity contribution is -0.172. The summed E-state index contributed by atoms with van der Waals surface area (Å²) < 4.78 is 25.2. The first kappa shape index (κ1) is 18.8. The summed E-state index contributed by atoms with van der Waals surface area (Å²) in [7, 11) is 0. The van der Waals surface area contributed by atoms with Gasteiger partial charge in [-0.2, -0.15) is 0 Å². The number of benzene rings is 1. The van der Waals surface area contributed by atoms with Crippen molar-refractivity contribution < 1.29 is 18.7 Å². The van der Waals surface area contributed by atoms with E-state index in [4.69, 9.17) is 15.2 Å². The normalized spacial score (nSPS) is 31.4. The molecule has 3 fully saturated rings. The van der Waals surface area contributed by atoms with Gasteiger partial charge in [0.15, 0.2) is 5.79 Å². The zero-order valence-corrected chi connectivity index (χ0v) is 16.2. The number of ether oxygens (including phenoxy) is 2. The van der Waals surface area contributed by atoms with Crippen LogP contribution in [-0.4, -0.2) is 43.7 Å². The molecule has 2 saturated heterocycles. The van der Waals surface area contributed by atoms with Crippen molar-refractivity contribution in [2.45, 2.75) is 38.9 Å². The molecular weight excluding hydrogens is 347 g/mol. The third kappa shape index (κ3) is 3.08. The minimum atomic E-state index is -0.785. The van der Waals surface area contributed by atoms with Crippen LogP contribution in [0.1, 0.15) is 38.7 Å². The first-order valence-corrected chi connectivity index (χ1v) is 9.84. The molecule has 0 bridgehead atoms. The molecule has 27 heavy (non-hydrogen) atoms. The Balaban J connectivity index is 1.39. The van der Waals surface area contributed by atoms with E-state index in [0.717, 1.165) is 38.0 Å². The molecule has 1 amide bonds. The first-order chi connectivity index (χ1) is 12.8. The van der Waals surface area contributed by atoms with Gasteiger partial charge in [0.05, 0.1) is 18.6 Å². The second-order valence-corrected chi connectivity index (χ2v) is 9.03. The lowest BCUT2D eigenvalue weighted by Gasteiger charge is -2.54. The van der Waals surface area contributed by atoms with E-state index in [9.17, 15) is 9.18 Å². The Bertz CT molecular complexity index is 715. The lowest BCUT2D eigenvalue weighted by Crippen LogP contribution is -2.59. The van der Waals surface area contributed by atoms with Crippen LogP contribution in [0.4, 0.5) is 4.39 Å². The second-order valence-electron chi connectivity index (χ2n) is 9.03. The number of carbonyl (C=O) groups excluding carboxylic acids is 1. The molecule has 0 spiro atoms. The molecule has 1 aliphatic carbocycles. The average Bonchev–Trinajstić information content (AvgIpc) is 3.20. The van der Waals surface area contributed by atoms with Crippen molar-refractivity contribution in [3.05, 3.63) is 35.6 Å². The summed E-state index contributed by atoms with van der Waals surface area (Å²) in [5, 5.41) is 0. The highest BCUT2D eigenvalue weighted by molar-refractivity contribution is 5.83. The number of likely N-dealkylation sites (tertiary alicyclic amines) is 1. The Morgan fingerprint density at radius 1 is 1.26 bits per heavy atom. The van der Waals surface area contributed by atoms with Crippen LogP contribution in [0.15, 0.2) is 24.3 Å². The monoisotopic (exact) mass is 376 g/mol. The van der Waals surface area contributed by atoms with Crippen molar-refractivity contribution in [3.63, 3.8) is 0 Å². The number of hydrogen-bond acceptors (Lipinski definition) is 4. The predicted molar refractivity (Wildman–Crippen MR) is 99.2 cm³/mol. The van der Waals surface area contributed by atoms with Crippen molar-refractivity contribution >= 4 is 5.91 Å². The van der Waals surface area contributed by atoms with Gasteiger partial charge in [-0.15, -0.1) is 0 Å². The number of carbonyl (C=O) groups is 1. The fourth-order valence-corrected chi connectivity index (χ4v) is 5.64. The van der Waals surface area contributed by atoms with Crippen molar-refractivity contribution in [2.24, 2.45) is 22.5 Å². The molecule has 148 valence electrons. The van der Waals surface area contributed by atoms with E-state index in [2.05, 4.69) is 18.7 Å². The van der Waals surface area contributed by atoms with Crippen molar-refractivity contribution in [1.82, 2.24) is 4.90 Å². The zero-order chi connectivity index (χ0) is 19.3. The van der Waals surface area contributed by atoms with Gasteiger partial charge in [0.1, 0.15) is 5.82 Å². The van der Waals surface area contributed by atoms with Gasteiger partial charge in [-0.1, -0.05) is 26.0 Å². The van der Waals surface area contributed by atoms with Crippen LogP contribution in [0.2, 0.25) is 0 Å². The molecule has 1 aromatic carbocycles. The fourth-order valence-electron chi connectivity index (χ4n) is 5.64. The van der Waals surface area contributed by atoms with E-state index < -0.39 is 5.79 Å². The fraction of sp³-hybridized carbons (Fsp3) is 0.667. The van der Waals surface area contributed by atoms with Gasteiger partial charge in [-0.05, 0) is 42.9 Å². The predicted octanol–water partition coefficient (Wildman–Crippen LogP) is 2.64. The topological polar surface area (TPSA) is 64.8 Å². The minimum Gasteiger partial charge on any atom is -0.369 e. The van der Waals surface area contributed by atoms with Crippen LogP contribution in [0, 0.1) is 22.6 Å². The summed E-state index contributed by atoms with van der Waals surface area (Å²) in [6.07, 6.45) is 2.45. The number of primary amides is 1. The Morgan fingerprint density at radius 3 is 2.48 bits per heavy atom. The van der Waals surface area contributed by atoms with Crippen LogP contribution in [0.3, 0.4) is 0 Å². The van der Waals surface area contributed by atoms with Gasteiger partial charge >= 0.3 is 0 Å². The van der Waals surface area contributed by atoms with Gasteiger partial charge in [0.2, 0.25) is 5.91 Å². The molecule has 2 N–H and O–H groups in total. The van der Waals surface area contributed by atoms with Gasteiger partial charge in [0.25, 0.3) is 0 Å². The number of amides is 1. The summed E-state index contributed by atoms with van der Waals surface area (Å²) in [6.45, 7) is 8.09. The molecule has 0 unspecified atom stereocenters. The van der Waals surface area contributed by atoms with Gasteiger partial charge < -0.3 is 20.1 Å². The SMILES string of the molecule is CC1(C)C[C@]2(C(N)=O)CN(CCCC3(c4ccc(F)cc4)OCCO3)C[C@H]12. The van der Waals surface area contributed by atoms with E-state index in [0.29, 0.717) is 25.6 Å². The number of halogens is 1. The van der Waals surface area contributed by atoms with Crippen LogP contribution in [-0.2, 0) is 20.1 Å². The maximum absolute atomic E-state index is 13.3. The number of nitrogens with two attached hydrogens (primary N) is 1. The van der Waals surface area contributed by atoms with Gasteiger partial charge in [-0.3, -0.25) is 4.79 Å². The quantitative estimate of drug-likeness (QED) is 0.829. The van der Waals surface area contributed by atoms with E-state index in [1.54, 1.807) is 12.1 Å². The maximum Gasteiger partial charge on any atom is 0.225 e. The van der Waals surface area contributed by atoms with E-state index in [1.165, 1.54) is 12.1 Å². The zero-order valence-electron chi connectivity index (χ0n) is 16.2. The molecule has 5 nitrogen and oxygen atoms in total. The number of rotatable bonds is 6. The molecule has 2 atom stereocenters. The average molecular weight is 376 g/mol. The molecule has 1 saturated carbocycles. The first-order valence-electron chi connectivity index (χ1n) is 9.84. The molecule has 6 heteroatoms. The number of nitrogens with zero attached hydrogens (tertiary/aromatic N) is 1. The molecule has 3 aliphatic rings. The van der Waals surface area contributed by atoms with Crippen molar-refractivity contribution in [2.75, 3.05) is 32.8 Å². The van der Waals surface area contributed by atoms with Crippen molar-refractivity contribution in [3.8, 4) is 0 Å². The van der Waals surface area contributed by atoms with Crippen LogP contribution in [0.5, 0.6) is 0 Å². The minimum absolute atomic E-state index is 0.153. The molecule has 2 heterocycles. The third-order valence-electron chi connectivity index (χ3n) is 6.84. The van der Waals surface area contributed by atoms with Crippen LogP contribution in [0.25, 0.3) is 0 Å². The Morgan fingerprint density at radius 2 is 1.93 bits per heavy atom. The molecule has 4 rings (SSSR count). The summed E-state index contributed by atoms with van der Waals surface area (Å²) in [5.74, 6) is -0.863. The molecule has 0 radical (unpaired) electrons. The molecule has 1 aromatic rings. The Labute approximate surface area is 160 Å². The van der Waals surface area contributed by atoms with E-state index in [1.807, 2.05) is 0 Å². The van der Waals surface area contributed by atoms with E-state index >= 15 is 0 Å². The van der Waals surface area contributed by atoms with Crippen LogP contribution < -0.4 is 5.73 Å². The molecule has 0 aromatic heterocycles. The second kappa shape index (κ2) is 6.54. The summed E-state index contributed by atoms with van der Waals surface area (Å²) >= 11 is 0. The summed E-state index contributed by atoms with van der Waals surface area (Å²) in [6, 6.07) is 6.36. The molecular formula is C21H29FN2O3. The Hall–Kier alpha value is -1.50. The van der Waals surface area contributed by atoms with Crippen molar-refractivity contribution in [1.29, 1.82) is 0 Å². The highest BCUT2D eigenvalue weighted by Crippen LogP contribution is 2.62. The van der Waals surface area contributed by atoms with Crippen LogP contribution >= 0.6 is 0 Å². The standard InChI is InChI=1S/C21H29FN2O3/c1-19(2)13-20(18(23)25)14-24(12-17(19)20)9-3-8-21(26-10-11-27-21)15-4-6-16(22)7-5-15/h4-7,17H,3,8-14H2,1-2H3,(H2,23,25)/t17-,20+/m1/s1. The number of hydrogen-bond donors (Lipinski definition) is 1. The summed E-state index contributed by atoms with van der Waals surface area (Å²) in [5.41, 5.74) is 6.45. The van der Waals surface area contributed by atoms with E-state index in [-0.39, 0.29) is 22.6 Å². The largest absolute Gasteiger partial charge is 0.369 e. The van der Waals surface area contributed by atoms with Gasteiger partial charge in [-0.25, -0.2) is 4.39 Å². The molecule has 2 aliphatic heterocycles. The Kier molecular flexibility index (Phi) is 4.56.